The molecule has 0 atom stereocenters. The molecule has 0 amide bonds. The summed E-state index contributed by atoms with van der Waals surface area (Å²) in [5.41, 5.74) is 6.94. The fraction of sp³-hybridized carbons (Fsp3) is 0. The SMILES string of the molecule is Nc1nccnc1-n1cc2nccnc2n1. The molecule has 0 radical (unpaired) electrons. The maximum atomic E-state index is 5.70. The van der Waals surface area contributed by atoms with Crippen LogP contribution in [-0.4, -0.2) is 29.7 Å². The number of hydrogen-bond acceptors (Lipinski definition) is 6. The summed E-state index contributed by atoms with van der Waals surface area (Å²) in [4.78, 5) is 16.2. The molecule has 16 heavy (non-hydrogen) atoms. The molecular formula is C9H7N7. The minimum absolute atomic E-state index is 0.315. The van der Waals surface area contributed by atoms with Crippen LogP contribution in [0.3, 0.4) is 0 Å². The lowest BCUT2D eigenvalue weighted by molar-refractivity contribution is 0.850. The van der Waals surface area contributed by atoms with Gasteiger partial charge in [0.05, 0.1) is 6.20 Å². The summed E-state index contributed by atoms with van der Waals surface area (Å²) < 4.78 is 1.52. The highest BCUT2D eigenvalue weighted by Gasteiger charge is 2.08. The van der Waals surface area contributed by atoms with Crippen molar-refractivity contribution in [1.82, 2.24) is 29.7 Å². The molecule has 0 aromatic carbocycles. The van der Waals surface area contributed by atoms with E-state index in [2.05, 4.69) is 25.0 Å². The second kappa shape index (κ2) is 3.23. The van der Waals surface area contributed by atoms with Crippen LogP contribution >= 0.6 is 0 Å². The monoisotopic (exact) mass is 213 g/mol. The number of nitrogens with two attached hydrogens (primary N) is 1. The summed E-state index contributed by atoms with van der Waals surface area (Å²) >= 11 is 0. The van der Waals surface area contributed by atoms with Gasteiger partial charge in [-0.15, -0.1) is 5.10 Å². The van der Waals surface area contributed by atoms with Gasteiger partial charge in [-0.3, -0.25) is 0 Å². The summed E-state index contributed by atoms with van der Waals surface area (Å²) in [6.45, 7) is 0. The summed E-state index contributed by atoms with van der Waals surface area (Å²) in [6, 6.07) is 0. The van der Waals surface area contributed by atoms with Crippen LogP contribution in [0.4, 0.5) is 5.82 Å². The van der Waals surface area contributed by atoms with E-state index in [1.54, 1.807) is 24.8 Å². The molecule has 2 N–H and O–H groups in total. The molecule has 0 saturated carbocycles. The van der Waals surface area contributed by atoms with E-state index in [-0.39, 0.29) is 0 Å². The van der Waals surface area contributed by atoms with E-state index in [1.807, 2.05) is 0 Å². The maximum absolute atomic E-state index is 5.70. The fourth-order valence-electron chi connectivity index (χ4n) is 1.38. The van der Waals surface area contributed by atoms with Gasteiger partial charge in [0.25, 0.3) is 0 Å². The molecule has 0 aliphatic rings. The van der Waals surface area contributed by atoms with Crippen molar-refractivity contribution < 1.29 is 0 Å². The van der Waals surface area contributed by atoms with Gasteiger partial charge < -0.3 is 5.73 Å². The molecule has 3 aromatic rings. The van der Waals surface area contributed by atoms with E-state index in [9.17, 15) is 0 Å². The molecular weight excluding hydrogens is 206 g/mol. The van der Waals surface area contributed by atoms with Crippen molar-refractivity contribution in [2.75, 3.05) is 5.73 Å². The van der Waals surface area contributed by atoms with Gasteiger partial charge in [0.15, 0.2) is 17.3 Å². The Balaban J connectivity index is 2.23. The molecule has 0 unspecified atom stereocenters. The molecule has 3 heterocycles. The van der Waals surface area contributed by atoms with Crippen LogP contribution in [0.25, 0.3) is 17.0 Å². The van der Waals surface area contributed by atoms with Crippen LogP contribution in [0.15, 0.2) is 31.0 Å². The lowest BCUT2D eigenvalue weighted by Gasteiger charge is -2.00. The number of hydrogen-bond donors (Lipinski definition) is 1. The van der Waals surface area contributed by atoms with Crippen LogP contribution in [0.5, 0.6) is 0 Å². The molecule has 0 saturated heterocycles. The lowest BCUT2D eigenvalue weighted by Crippen LogP contribution is -2.04. The van der Waals surface area contributed by atoms with Crippen molar-refractivity contribution in [2.45, 2.75) is 0 Å². The van der Waals surface area contributed by atoms with Crippen LogP contribution in [-0.2, 0) is 0 Å². The minimum Gasteiger partial charge on any atom is -0.381 e. The van der Waals surface area contributed by atoms with Gasteiger partial charge in [-0.2, -0.15) is 0 Å². The first-order valence-corrected chi connectivity index (χ1v) is 4.58. The fourth-order valence-corrected chi connectivity index (χ4v) is 1.38. The quantitative estimate of drug-likeness (QED) is 0.619. The highest BCUT2D eigenvalue weighted by atomic mass is 15.3. The zero-order chi connectivity index (χ0) is 11.0. The van der Waals surface area contributed by atoms with E-state index in [1.165, 1.54) is 10.9 Å². The number of aromatic nitrogens is 6. The molecule has 0 aliphatic carbocycles. The zero-order valence-electron chi connectivity index (χ0n) is 8.15. The number of fused-ring (bicyclic) bond motifs is 1. The van der Waals surface area contributed by atoms with Crippen molar-refractivity contribution >= 4 is 17.0 Å². The predicted molar refractivity (Wildman–Crippen MR) is 56.7 cm³/mol. The van der Waals surface area contributed by atoms with Crippen LogP contribution in [0.2, 0.25) is 0 Å². The Kier molecular flexibility index (Phi) is 1.76. The van der Waals surface area contributed by atoms with Crippen LogP contribution < -0.4 is 5.73 Å². The lowest BCUT2D eigenvalue weighted by atomic mass is 10.5. The van der Waals surface area contributed by atoms with Crippen molar-refractivity contribution in [3.63, 3.8) is 0 Å². The van der Waals surface area contributed by atoms with Gasteiger partial charge in [0, 0.05) is 24.8 Å². The Labute approximate surface area is 90.0 Å². The average Bonchev–Trinajstić information content (AvgIpc) is 2.73. The van der Waals surface area contributed by atoms with Crippen molar-refractivity contribution in [3.05, 3.63) is 31.0 Å². The van der Waals surface area contributed by atoms with Gasteiger partial charge >= 0.3 is 0 Å². The topological polar surface area (TPSA) is 95.4 Å². The number of nitrogens with zero attached hydrogens (tertiary/aromatic N) is 6. The third-order valence-corrected chi connectivity index (χ3v) is 2.08. The summed E-state index contributed by atoms with van der Waals surface area (Å²) in [5, 5.41) is 4.20. The average molecular weight is 213 g/mol. The van der Waals surface area contributed by atoms with Crippen LogP contribution in [0, 0.1) is 0 Å². The van der Waals surface area contributed by atoms with Crippen molar-refractivity contribution in [3.8, 4) is 5.82 Å². The van der Waals surface area contributed by atoms with Crippen molar-refractivity contribution in [2.24, 2.45) is 0 Å². The number of rotatable bonds is 1. The normalized spacial score (nSPS) is 10.8. The minimum atomic E-state index is 0.315. The smallest absolute Gasteiger partial charge is 0.200 e. The predicted octanol–water partition coefficient (Wildman–Crippen LogP) is 0.188. The molecule has 3 rings (SSSR count). The van der Waals surface area contributed by atoms with Crippen molar-refractivity contribution in [1.29, 1.82) is 0 Å². The highest BCUT2D eigenvalue weighted by molar-refractivity contribution is 5.69. The molecule has 7 nitrogen and oxygen atoms in total. The van der Waals surface area contributed by atoms with E-state index in [0.29, 0.717) is 22.8 Å². The van der Waals surface area contributed by atoms with E-state index < -0.39 is 0 Å². The van der Waals surface area contributed by atoms with Gasteiger partial charge in [-0.25, -0.2) is 24.6 Å². The Bertz CT molecular complexity index is 612. The largest absolute Gasteiger partial charge is 0.381 e. The highest BCUT2D eigenvalue weighted by Crippen LogP contribution is 2.12. The van der Waals surface area contributed by atoms with E-state index >= 15 is 0 Å². The zero-order valence-corrected chi connectivity index (χ0v) is 8.15. The molecule has 3 aromatic heterocycles. The first-order valence-electron chi connectivity index (χ1n) is 4.58. The third kappa shape index (κ3) is 1.26. The molecule has 0 spiro atoms. The molecule has 78 valence electrons. The van der Waals surface area contributed by atoms with Crippen LogP contribution in [0.1, 0.15) is 0 Å². The Morgan fingerprint density at radius 2 is 1.69 bits per heavy atom. The van der Waals surface area contributed by atoms with E-state index in [0.717, 1.165) is 0 Å². The molecule has 7 heteroatoms. The van der Waals surface area contributed by atoms with Gasteiger partial charge in [-0.05, 0) is 0 Å². The second-order valence-corrected chi connectivity index (χ2v) is 3.10. The summed E-state index contributed by atoms with van der Waals surface area (Å²) in [6.07, 6.45) is 7.98. The summed E-state index contributed by atoms with van der Waals surface area (Å²) in [5.74, 6) is 0.789. The molecule has 0 aliphatic heterocycles. The third-order valence-electron chi connectivity index (χ3n) is 2.08. The number of nitrogen functional groups attached to an aromatic ring is 1. The van der Waals surface area contributed by atoms with Gasteiger partial charge in [0.1, 0.15) is 5.52 Å². The number of anilines is 1. The van der Waals surface area contributed by atoms with Gasteiger partial charge in [0.2, 0.25) is 0 Å². The molecule has 0 fully saturated rings. The summed E-state index contributed by atoms with van der Waals surface area (Å²) in [7, 11) is 0. The first-order chi connectivity index (χ1) is 7.84. The standard InChI is InChI=1S/C9H7N7/c10-7-9(14-4-2-12-7)16-5-6-8(15-16)13-3-1-11-6/h1-5H,(H2,10,12). The second-order valence-electron chi connectivity index (χ2n) is 3.10. The first kappa shape index (κ1) is 8.72. The van der Waals surface area contributed by atoms with Gasteiger partial charge in [-0.1, -0.05) is 0 Å². The molecule has 0 bridgehead atoms. The Hall–Kier alpha value is -2.57. The van der Waals surface area contributed by atoms with E-state index in [4.69, 9.17) is 5.73 Å². The Morgan fingerprint density at radius 3 is 2.50 bits per heavy atom. The maximum Gasteiger partial charge on any atom is 0.200 e. The Morgan fingerprint density at radius 1 is 0.938 bits per heavy atom.